The van der Waals surface area contributed by atoms with E-state index >= 15 is 0 Å². The summed E-state index contributed by atoms with van der Waals surface area (Å²) in [6.45, 7) is 3.05. The second-order valence-corrected chi connectivity index (χ2v) is 8.29. The van der Waals surface area contributed by atoms with Crippen LogP contribution < -0.4 is 4.74 Å². The third kappa shape index (κ3) is 4.13. The largest absolute Gasteiger partial charge is 0.497 e. The number of para-hydroxylation sites is 2. The Bertz CT molecular complexity index is 983. The molecule has 1 atom stereocenters. The smallest absolute Gasteiger partial charge is 0.233 e. The fourth-order valence-electron chi connectivity index (χ4n) is 4.04. The van der Waals surface area contributed by atoms with Crippen molar-refractivity contribution in [2.45, 2.75) is 43.8 Å². The molecule has 0 radical (unpaired) electrons. The van der Waals surface area contributed by atoms with E-state index in [1.807, 2.05) is 42.5 Å². The van der Waals surface area contributed by atoms with E-state index in [0.29, 0.717) is 11.8 Å². The van der Waals surface area contributed by atoms with Gasteiger partial charge in [-0.3, -0.25) is 9.36 Å². The van der Waals surface area contributed by atoms with Crippen molar-refractivity contribution in [3.05, 3.63) is 48.5 Å². The van der Waals surface area contributed by atoms with E-state index in [1.54, 1.807) is 7.11 Å². The Hall–Kier alpha value is -2.47. The maximum Gasteiger partial charge on any atom is 0.233 e. The highest BCUT2D eigenvalue weighted by Crippen LogP contribution is 2.30. The number of aromatic nitrogens is 2. The van der Waals surface area contributed by atoms with E-state index < -0.39 is 0 Å². The molecule has 3 aromatic rings. The van der Waals surface area contributed by atoms with Gasteiger partial charge in [0.2, 0.25) is 5.91 Å². The summed E-state index contributed by atoms with van der Waals surface area (Å²) in [5.74, 6) is 1.45. The molecule has 4 rings (SSSR count). The Kier molecular flexibility index (Phi) is 6.09. The lowest BCUT2D eigenvalue weighted by Crippen LogP contribution is -2.44. The Balaban J connectivity index is 1.60. The van der Waals surface area contributed by atoms with Gasteiger partial charge in [-0.1, -0.05) is 30.8 Å². The summed E-state index contributed by atoms with van der Waals surface area (Å²) in [5, 5.41) is 0.842. The number of methoxy groups -OCH3 is 1. The third-order valence-electron chi connectivity index (χ3n) is 5.60. The normalized spacial score (nSPS) is 16.9. The molecule has 1 aromatic heterocycles. The van der Waals surface area contributed by atoms with Gasteiger partial charge in [-0.15, -0.1) is 0 Å². The van der Waals surface area contributed by atoms with Gasteiger partial charge in [-0.25, -0.2) is 4.98 Å². The van der Waals surface area contributed by atoms with Crippen molar-refractivity contribution in [2.75, 3.05) is 19.4 Å². The van der Waals surface area contributed by atoms with Crippen molar-refractivity contribution in [1.82, 2.24) is 14.5 Å². The van der Waals surface area contributed by atoms with Crippen LogP contribution in [-0.2, 0) is 4.79 Å². The molecule has 1 fully saturated rings. The number of ether oxygens (including phenoxy) is 1. The van der Waals surface area contributed by atoms with Gasteiger partial charge >= 0.3 is 0 Å². The highest BCUT2D eigenvalue weighted by atomic mass is 32.2. The van der Waals surface area contributed by atoms with Crippen LogP contribution in [-0.4, -0.2) is 45.8 Å². The van der Waals surface area contributed by atoms with Crippen LogP contribution in [0.3, 0.4) is 0 Å². The van der Waals surface area contributed by atoms with Crippen molar-refractivity contribution in [3.63, 3.8) is 0 Å². The average molecular weight is 410 g/mol. The molecular weight excluding hydrogens is 382 g/mol. The first-order valence-electron chi connectivity index (χ1n) is 10.3. The fraction of sp³-hybridized carbons (Fsp3) is 0.391. The van der Waals surface area contributed by atoms with Crippen LogP contribution in [0.5, 0.6) is 5.75 Å². The molecule has 2 heterocycles. The first kappa shape index (κ1) is 19.8. The Morgan fingerprint density at radius 1 is 1.17 bits per heavy atom. The van der Waals surface area contributed by atoms with Gasteiger partial charge in [0, 0.05) is 18.3 Å². The van der Waals surface area contributed by atoms with Crippen molar-refractivity contribution in [2.24, 2.45) is 0 Å². The lowest BCUT2D eigenvalue weighted by molar-refractivity contribution is -0.132. The molecule has 0 bridgehead atoms. The van der Waals surface area contributed by atoms with E-state index in [0.717, 1.165) is 53.4 Å². The number of benzene rings is 2. The zero-order valence-corrected chi connectivity index (χ0v) is 17.8. The van der Waals surface area contributed by atoms with Crippen molar-refractivity contribution in [1.29, 1.82) is 0 Å². The standard InChI is InChI=1S/C23H27N3O2S/c1-3-17-8-6-7-15-25(17)22(27)16-29-23-24-20-9-4-5-10-21(20)26(23)18-11-13-19(28-2)14-12-18/h4-5,9-14,17H,3,6-8,15-16H2,1-2H3/t17-/m0/s1. The molecule has 0 spiro atoms. The molecule has 29 heavy (non-hydrogen) atoms. The predicted molar refractivity (Wildman–Crippen MR) is 118 cm³/mol. The number of hydrogen-bond acceptors (Lipinski definition) is 4. The minimum Gasteiger partial charge on any atom is -0.497 e. The van der Waals surface area contributed by atoms with Gasteiger partial charge in [0.1, 0.15) is 5.75 Å². The molecule has 0 N–H and O–H groups in total. The Morgan fingerprint density at radius 3 is 2.72 bits per heavy atom. The van der Waals surface area contributed by atoms with Crippen LogP contribution in [0.1, 0.15) is 32.6 Å². The molecule has 1 aliphatic heterocycles. The molecule has 1 aliphatic rings. The maximum absolute atomic E-state index is 12.9. The number of nitrogens with zero attached hydrogens (tertiary/aromatic N) is 3. The highest BCUT2D eigenvalue weighted by molar-refractivity contribution is 7.99. The summed E-state index contributed by atoms with van der Waals surface area (Å²) in [5.41, 5.74) is 2.98. The third-order valence-corrected chi connectivity index (χ3v) is 6.53. The number of carbonyl (C=O) groups is 1. The maximum atomic E-state index is 12.9. The van der Waals surface area contributed by atoms with Crippen LogP contribution >= 0.6 is 11.8 Å². The average Bonchev–Trinajstić information content (AvgIpc) is 3.15. The molecule has 1 amide bonds. The topological polar surface area (TPSA) is 47.4 Å². The molecule has 0 aliphatic carbocycles. The van der Waals surface area contributed by atoms with Gasteiger partial charge in [0.25, 0.3) is 0 Å². The Morgan fingerprint density at radius 2 is 1.97 bits per heavy atom. The van der Waals surface area contributed by atoms with Gasteiger partial charge in [-0.05, 0) is 62.1 Å². The summed E-state index contributed by atoms with van der Waals surface area (Å²) in [6, 6.07) is 16.4. The van der Waals surface area contributed by atoms with E-state index in [-0.39, 0.29) is 5.91 Å². The zero-order valence-electron chi connectivity index (χ0n) is 17.0. The summed E-state index contributed by atoms with van der Waals surface area (Å²) in [6.07, 6.45) is 4.48. The van der Waals surface area contributed by atoms with Crippen LogP contribution in [0.25, 0.3) is 16.7 Å². The van der Waals surface area contributed by atoms with Crippen molar-refractivity contribution >= 4 is 28.7 Å². The minimum absolute atomic E-state index is 0.217. The zero-order chi connectivity index (χ0) is 20.2. The molecule has 5 nitrogen and oxygen atoms in total. The summed E-state index contributed by atoms with van der Waals surface area (Å²) >= 11 is 1.52. The van der Waals surface area contributed by atoms with Gasteiger partial charge in [0.05, 0.1) is 23.9 Å². The number of thioether (sulfide) groups is 1. The minimum atomic E-state index is 0.217. The van der Waals surface area contributed by atoms with Crippen LogP contribution in [0.15, 0.2) is 53.7 Å². The summed E-state index contributed by atoms with van der Waals surface area (Å²) in [7, 11) is 1.67. The second-order valence-electron chi connectivity index (χ2n) is 7.35. The molecule has 6 heteroatoms. The number of hydrogen-bond donors (Lipinski definition) is 0. The van der Waals surface area contributed by atoms with Crippen LogP contribution in [0.4, 0.5) is 0 Å². The van der Waals surface area contributed by atoms with Crippen molar-refractivity contribution < 1.29 is 9.53 Å². The molecule has 152 valence electrons. The number of amides is 1. The number of likely N-dealkylation sites (tertiary alicyclic amines) is 1. The van der Waals surface area contributed by atoms with E-state index in [2.05, 4.69) is 22.5 Å². The number of imidazole rings is 1. The monoisotopic (exact) mass is 409 g/mol. The quantitative estimate of drug-likeness (QED) is 0.542. The number of rotatable bonds is 6. The SMILES string of the molecule is CC[C@H]1CCCCN1C(=O)CSc1nc2ccccc2n1-c1ccc(OC)cc1. The van der Waals surface area contributed by atoms with Gasteiger partial charge < -0.3 is 9.64 Å². The lowest BCUT2D eigenvalue weighted by Gasteiger charge is -2.35. The lowest BCUT2D eigenvalue weighted by atomic mass is 10.0. The van der Waals surface area contributed by atoms with E-state index in [9.17, 15) is 4.79 Å². The molecule has 2 aromatic carbocycles. The van der Waals surface area contributed by atoms with Crippen LogP contribution in [0, 0.1) is 0 Å². The van der Waals surface area contributed by atoms with Gasteiger partial charge in [-0.2, -0.15) is 0 Å². The molecule has 0 saturated carbocycles. The first-order chi connectivity index (χ1) is 14.2. The first-order valence-corrected chi connectivity index (χ1v) is 11.2. The molecular formula is C23H27N3O2S. The number of piperidine rings is 1. The van der Waals surface area contributed by atoms with E-state index in [1.165, 1.54) is 18.2 Å². The highest BCUT2D eigenvalue weighted by Gasteiger charge is 2.25. The molecule has 1 saturated heterocycles. The Labute approximate surface area is 176 Å². The van der Waals surface area contributed by atoms with E-state index in [4.69, 9.17) is 9.72 Å². The number of fused-ring (bicyclic) bond motifs is 1. The predicted octanol–water partition coefficient (Wildman–Crippen LogP) is 4.92. The van der Waals surface area contributed by atoms with Gasteiger partial charge in [0.15, 0.2) is 5.16 Å². The number of carbonyl (C=O) groups excluding carboxylic acids is 1. The fourth-order valence-corrected chi connectivity index (χ4v) is 4.96. The molecule has 0 unspecified atom stereocenters. The van der Waals surface area contributed by atoms with Crippen LogP contribution in [0.2, 0.25) is 0 Å². The second kappa shape index (κ2) is 8.91. The summed E-state index contributed by atoms with van der Waals surface area (Å²) in [4.78, 5) is 19.8. The summed E-state index contributed by atoms with van der Waals surface area (Å²) < 4.78 is 7.42. The van der Waals surface area contributed by atoms with Crippen molar-refractivity contribution in [3.8, 4) is 11.4 Å².